The van der Waals surface area contributed by atoms with Crippen LogP contribution >= 0.6 is 0 Å². The highest BCUT2D eigenvalue weighted by molar-refractivity contribution is 6.08. The van der Waals surface area contributed by atoms with Crippen LogP contribution in [0.2, 0.25) is 0 Å². The summed E-state index contributed by atoms with van der Waals surface area (Å²) in [5, 5.41) is 2.77. The Balaban J connectivity index is 1.40. The molecule has 0 atom stereocenters. The smallest absolute Gasteiger partial charge is 0.325 e. The highest BCUT2D eigenvalue weighted by Gasteiger charge is 2.59. The maximum Gasteiger partial charge on any atom is 0.325 e. The largest absolute Gasteiger partial charge is 0.477 e. The van der Waals surface area contributed by atoms with E-state index < -0.39 is 5.54 Å². The summed E-state index contributed by atoms with van der Waals surface area (Å²) < 4.78 is 5.57. The minimum Gasteiger partial charge on any atom is -0.477 e. The minimum atomic E-state index is -0.585. The number of nitrogens with zero attached hydrogens (tertiary/aromatic N) is 2. The molecular weight excluding hydrogens is 270 g/mol. The Morgan fingerprint density at radius 1 is 1.33 bits per heavy atom. The Morgan fingerprint density at radius 2 is 2.14 bits per heavy atom. The molecule has 0 radical (unpaired) electrons. The molecule has 3 amide bonds. The van der Waals surface area contributed by atoms with Gasteiger partial charge in [-0.1, -0.05) is 6.07 Å². The molecule has 0 bridgehead atoms. The SMILES string of the molecule is O=C1NC2(CC2)C(=O)N1Cc1ccc(OCC2CC2)nc1. The number of nitrogens with one attached hydrogen (secondary N) is 1. The second kappa shape index (κ2) is 4.44. The number of aromatic nitrogens is 1. The Hall–Kier alpha value is -2.11. The van der Waals surface area contributed by atoms with Crippen molar-refractivity contribution < 1.29 is 14.3 Å². The van der Waals surface area contributed by atoms with Gasteiger partial charge in [-0.15, -0.1) is 0 Å². The third-order valence-electron chi connectivity index (χ3n) is 4.30. The van der Waals surface area contributed by atoms with Crippen molar-refractivity contribution in [3.8, 4) is 5.88 Å². The summed E-state index contributed by atoms with van der Waals surface area (Å²) >= 11 is 0. The van der Waals surface area contributed by atoms with E-state index in [1.165, 1.54) is 17.7 Å². The zero-order valence-electron chi connectivity index (χ0n) is 11.7. The second-order valence-corrected chi connectivity index (χ2v) is 6.16. The van der Waals surface area contributed by atoms with Crippen molar-refractivity contribution in [3.63, 3.8) is 0 Å². The molecule has 3 aliphatic rings. The van der Waals surface area contributed by atoms with Gasteiger partial charge in [0.05, 0.1) is 13.2 Å². The lowest BCUT2D eigenvalue weighted by molar-refractivity contribution is -0.128. The fourth-order valence-electron chi connectivity index (χ4n) is 2.54. The fraction of sp³-hybridized carbons (Fsp3) is 0.533. The van der Waals surface area contributed by atoms with Crippen LogP contribution in [-0.2, 0) is 11.3 Å². The van der Waals surface area contributed by atoms with E-state index >= 15 is 0 Å². The molecule has 1 aliphatic heterocycles. The predicted molar refractivity (Wildman–Crippen MR) is 73.5 cm³/mol. The van der Waals surface area contributed by atoms with Crippen molar-refractivity contribution >= 4 is 11.9 Å². The monoisotopic (exact) mass is 287 g/mol. The number of hydrogen-bond donors (Lipinski definition) is 1. The fourth-order valence-corrected chi connectivity index (χ4v) is 2.54. The molecular formula is C15H17N3O3. The normalized spacial score (nSPS) is 22.6. The van der Waals surface area contributed by atoms with Crippen LogP contribution in [0, 0.1) is 5.92 Å². The van der Waals surface area contributed by atoms with Crippen molar-refractivity contribution in [1.82, 2.24) is 15.2 Å². The first-order valence-electron chi connectivity index (χ1n) is 7.38. The Bertz CT molecular complexity index is 591. The molecule has 0 unspecified atom stereocenters. The van der Waals surface area contributed by atoms with Crippen molar-refractivity contribution in [1.29, 1.82) is 0 Å². The van der Waals surface area contributed by atoms with Crippen LogP contribution in [0.1, 0.15) is 31.2 Å². The molecule has 1 aromatic heterocycles. The number of pyridine rings is 1. The minimum absolute atomic E-state index is 0.110. The van der Waals surface area contributed by atoms with Gasteiger partial charge >= 0.3 is 6.03 Å². The van der Waals surface area contributed by atoms with Gasteiger partial charge in [0.15, 0.2) is 0 Å². The summed E-state index contributed by atoms with van der Waals surface area (Å²) in [6.07, 6.45) is 5.65. The summed E-state index contributed by atoms with van der Waals surface area (Å²) in [6.45, 7) is 0.990. The number of rotatable bonds is 5. The molecule has 1 aromatic rings. The van der Waals surface area contributed by atoms with Crippen molar-refractivity contribution in [2.24, 2.45) is 5.92 Å². The molecule has 110 valence electrons. The average Bonchev–Trinajstić information content (AvgIpc) is 3.38. The van der Waals surface area contributed by atoms with E-state index in [0.717, 1.165) is 25.0 Å². The lowest BCUT2D eigenvalue weighted by Gasteiger charge is -2.13. The molecule has 4 rings (SSSR count). The van der Waals surface area contributed by atoms with Gasteiger partial charge in [-0.3, -0.25) is 9.69 Å². The summed E-state index contributed by atoms with van der Waals surface area (Å²) in [5.41, 5.74) is 0.243. The van der Waals surface area contributed by atoms with Crippen LogP contribution in [0.5, 0.6) is 5.88 Å². The van der Waals surface area contributed by atoms with Crippen LogP contribution in [0.25, 0.3) is 0 Å². The molecule has 0 aromatic carbocycles. The van der Waals surface area contributed by atoms with Gasteiger partial charge in [0.25, 0.3) is 5.91 Å². The van der Waals surface area contributed by atoms with Gasteiger partial charge in [-0.25, -0.2) is 9.78 Å². The first-order chi connectivity index (χ1) is 10.2. The van der Waals surface area contributed by atoms with Gasteiger partial charge in [-0.05, 0) is 37.2 Å². The van der Waals surface area contributed by atoms with Gasteiger partial charge < -0.3 is 10.1 Å². The number of carbonyl (C=O) groups is 2. The quantitative estimate of drug-likeness (QED) is 0.832. The average molecular weight is 287 g/mol. The maximum atomic E-state index is 12.2. The Morgan fingerprint density at radius 3 is 2.71 bits per heavy atom. The summed E-state index contributed by atoms with van der Waals surface area (Å²) in [5.74, 6) is 1.18. The lowest BCUT2D eigenvalue weighted by atomic mass is 10.2. The topological polar surface area (TPSA) is 71.5 Å². The molecule has 1 saturated heterocycles. The van der Waals surface area contributed by atoms with Gasteiger partial charge in [0, 0.05) is 12.3 Å². The lowest BCUT2D eigenvalue weighted by Crippen LogP contribution is -2.32. The molecule has 6 nitrogen and oxygen atoms in total. The molecule has 2 aliphatic carbocycles. The molecule has 3 fully saturated rings. The standard InChI is InChI=1S/C15H17N3O3/c19-13-15(5-6-15)17-14(20)18(13)8-11-3-4-12(16-7-11)21-9-10-1-2-10/h3-4,7,10H,1-2,5-6,8-9H2,(H,17,20). The van der Waals surface area contributed by atoms with Crippen LogP contribution in [0.15, 0.2) is 18.3 Å². The van der Waals surface area contributed by atoms with Crippen LogP contribution < -0.4 is 10.1 Å². The van der Waals surface area contributed by atoms with E-state index in [9.17, 15) is 9.59 Å². The van der Waals surface area contributed by atoms with Crippen LogP contribution in [0.3, 0.4) is 0 Å². The predicted octanol–water partition coefficient (Wildman–Crippen LogP) is 1.45. The number of carbonyl (C=O) groups excluding carboxylic acids is 2. The number of urea groups is 1. The van der Waals surface area contributed by atoms with E-state index in [2.05, 4.69) is 10.3 Å². The summed E-state index contributed by atoms with van der Waals surface area (Å²) in [4.78, 5) is 29.5. The van der Waals surface area contributed by atoms with Crippen LogP contribution in [0.4, 0.5) is 4.79 Å². The highest BCUT2D eigenvalue weighted by Crippen LogP contribution is 2.41. The second-order valence-electron chi connectivity index (χ2n) is 6.16. The third-order valence-corrected chi connectivity index (χ3v) is 4.30. The number of ether oxygens (including phenoxy) is 1. The number of amides is 3. The van der Waals surface area contributed by atoms with E-state index in [-0.39, 0.29) is 18.5 Å². The molecule has 6 heteroatoms. The maximum absolute atomic E-state index is 12.2. The first kappa shape index (κ1) is 12.6. The van der Waals surface area contributed by atoms with E-state index in [4.69, 9.17) is 4.74 Å². The third kappa shape index (κ3) is 2.34. The first-order valence-corrected chi connectivity index (χ1v) is 7.38. The van der Waals surface area contributed by atoms with Gasteiger partial charge in [-0.2, -0.15) is 0 Å². The number of hydrogen-bond acceptors (Lipinski definition) is 4. The zero-order valence-corrected chi connectivity index (χ0v) is 11.7. The Kier molecular flexibility index (Phi) is 2.67. The molecule has 2 saturated carbocycles. The van der Waals surface area contributed by atoms with Crippen molar-refractivity contribution in [2.45, 2.75) is 37.8 Å². The Labute approximate surface area is 122 Å². The van der Waals surface area contributed by atoms with E-state index in [1.807, 2.05) is 6.07 Å². The molecule has 1 spiro atoms. The van der Waals surface area contributed by atoms with E-state index in [1.54, 1.807) is 12.3 Å². The number of imide groups is 1. The summed E-state index contributed by atoms with van der Waals surface area (Å²) in [6, 6.07) is 3.35. The van der Waals surface area contributed by atoms with Gasteiger partial charge in [0.1, 0.15) is 5.54 Å². The van der Waals surface area contributed by atoms with Crippen molar-refractivity contribution in [3.05, 3.63) is 23.9 Å². The molecule has 21 heavy (non-hydrogen) atoms. The van der Waals surface area contributed by atoms with E-state index in [0.29, 0.717) is 11.8 Å². The molecule has 1 N–H and O–H groups in total. The molecule has 2 heterocycles. The van der Waals surface area contributed by atoms with Crippen LogP contribution in [-0.4, -0.2) is 34.0 Å². The van der Waals surface area contributed by atoms with Crippen molar-refractivity contribution in [2.75, 3.05) is 6.61 Å². The highest BCUT2D eigenvalue weighted by atomic mass is 16.5. The van der Waals surface area contributed by atoms with Gasteiger partial charge in [0.2, 0.25) is 5.88 Å². The zero-order chi connectivity index (χ0) is 14.4. The summed E-state index contributed by atoms with van der Waals surface area (Å²) in [7, 11) is 0.